The molecule has 0 aliphatic carbocycles. The van der Waals surface area contributed by atoms with Gasteiger partial charge in [0.1, 0.15) is 0 Å². The molecule has 3 rings (SSSR count). The standard InChI is InChI=1S/C17H16N2O2/c1-19-11-13(10-18-17(20)21)16-14(8-5-9-15(16)19)12-6-3-2-4-7-12/h2-9,11,18H,10H2,1H3,(H,20,21). The summed E-state index contributed by atoms with van der Waals surface area (Å²) in [6.45, 7) is 0.302. The Morgan fingerprint density at radius 1 is 1.14 bits per heavy atom. The quantitative estimate of drug-likeness (QED) is 0.770. The van der Waals surface area contributed by atoms with Crippen molar-refractivity contribution in [3.63, 3.8) is 0 Å². The van der Waals surface area contributed by atoms with Gasteiger partial charge in [-0.3, -0.25) is 0 Å². The minimum Gasteiger partial charge on any atom is -0.465 e. The number of rotatable bonds is 3. The molecule has 0 spiro atoms. The molecule has 1 heterocycles. The van der Waals surface area contributed by atoms with Gasteiger partial charge in [-0.25, -0.2) is 4.79 Å². The molecule has 2 aromatic carbocycles. The number of hydrogen-bond donors (Lipinski definition) is 2. The predicted molar refractivity (Wildman–Crippen MR) is 83.2 cm³/mol. The summed E-state index contributed by atoms with van der Waals surface area (Å²) in [5.74, 6) is 0. The van der Waals surface area contributed by atoms with Crippen molar-refractivity contribution in [3.05, 3.63) is 60.3 Å². The first-order chi connectivity index (χ1) is 10.2. The van der Waals surface area contributed by atoms with Crippen LogP contribution in [0.1, 0.15) is 5.56 Å². The Kier molecular flexibility index (Phi) is 3.36. The van der Waals surface area contributed by atoms with Crippen LogP contribution in [0.4, 0.5) is 4.79 Å². The second kappa shape index (κ2) is 5.32. The molecule has 0 bridgehead atoms. The maximum atomic E-state index is 10.8. The van der Waals surface area contributed by atoms with Crippen molar-refractivity contribution in [2.24, 2.45) is 7.05 Å². The van der Waals surface area contributed by atoms with Crippen LogP contribution < -0.4 is 5.32 Å². The molecule has 0 aliphatic heterocycles. The third-order valence-corrected chi connectivity index (χ3v) is 3.61. The summed E-state index contributed by atoms with van der Waals surface area (Å²) >= 11 is 0. The van der Waals surface area contributed by atoms with Crippen molar-refractivity contribution in [3.8, 4) is 11.1 Å². The van der Waals surface area contributed by atoms with Crippen molar-refractivity contribution in [2.45, 2.75) is 6.54 Å². The number of carboxylic acid groups (broad SMARTS) is 1. The van der Waals surface area contributed by atoms with E-state index in [1.807, 2.05) is 48.1 Å². The minimum atomic E-state index is -1.01. The van der Waals surface area contributed by atoms with Gasteiger partial charge in [0.05, 0.1) is 0 Å². The van der Waals surface area contributed by atoms with E-state index in [9.17, 15) is 4.79 Å². The highest BCUT2D eigenvalue weighted by molar-refractivity contribution is 5.98. The van der Waals surface area contributed by atoms with E-state index in [1.54, 1.807) is 0 Å². The van der Waals surface area contributed by atoms with Gasteiger partial charge in [0, 0.05) is 30.7 Å². The van der Waals surface area contributed by atoms with Gasteiger partial charge < -0.3 is 15.0 Å². The number of hydrogen-bond acceptors (Lipinski definition) is 1. The van der Waals surface area contributed by atoms with Gasteiger partial charge in [0.2, 0.25) is 0 Å². The first-order valence-corrected chi connectivity index (χ1v) is 6.76. The summed E-state index contributed by atoms with van der Waals surface area (Å²) in [4.78, 5) is 10.8. The van der Waals surface area contributed by atoms with E-state index in [2.05, 4.69) is 23.5 Å². The molecule has 3 aromatic rings. The summed E-state index contributed by atoms with van der Waals surface area (Å²) in [5, 5.41) is 12.4. The fourth-order valence-corrected chi connectivity index (χ4v) is 2.70. The Bertz CT molecular complexity index is 791. The molecule has 4 nitrogen and oxygen atoms in total. The first kappa shape index (κ1) is 13.2. The molecule has 1 amide bonds. The molecular weight excluding hydrogens is 264 g/mol. The fourth-order valence-electron chi connectivity index (χ4n) is 2.70. The average Bonchev–Trinajstić information content (AvgIpc) is 2.83. The molecule has 0 aliphatic rings. The molecule has 0 saturated carbocycles. The number of amides is 1. The predicted octanol–water partition coefficient (Wildman–Crippen LogP) is 3.61. The molecule has 0 saturated heterocycles. The Labute approximate surface area is 122 Å². The van der Waals surface area contributed by atoms with Crippen LogP contribution in [-0.2, 0) is 13.6 Å². The monoisotopic (exact) mass is 280 g/mol. The number of fused-ring (bicyclic) bond motifs is 1. The Morgan fingerprint density at radius 2 is 1.90 bits per heavy atom. The lowest BCUT2D eigenvalue weighted by Gasteiger charge is -2.07. The Hall–Kier alpha value is -2.75. The maximum Gasteiger partial charge on any atom is 0.404 e. The second-order valence-electron chi connectivity index (χ2n) is 4.99. The van der Waals surface area contributed by atoms with Gasteiger partial charge >= 0.3 is 6.09 Å². The highest BCUT2D eigenvalue weighted by atomic mass is 16.4. The van der Waals surface area contributed by atoms with Crippen molar-refractivity contribution in [1.29, 1.82) is 0 Å². The SMILES string of the molecule is Cn1cc(CNC(=O)O)c2c(-c3ccccc3)cccc21. The highest BCUT2D eigenvalue weighted by Crippen LogP contribution is 2.32. The molecule has 106 valence electrons. The smallest absolute Gasteiger partial charge is 0.404 e. The van der Waals surface area contributed by atoms with Gasteiger partial charge in [-0.1, -0.05) is 42.5 Å². The number of nitrogens with zero attached hydrogens (tertiary/aromatic N) is 1. The van der Waals surface area contributed by atoms with Crippen LogP contribution in [0.15, 0.2) is 54.7 Å². The highest BCUT2D eigenvalue weighted by Gasteiger charge is 2.12. The fraction of sp³-hybridized carbons (Fsp3) is 0.118. The lowest BCUT2D eigenvalue weighted by atomic mass is 9.99. The van der Waals surface area contributed by atoms with Crippen LogP contribution >= 0.6 is 0 Å². The zero-order valence-electron chi connectivity index (χ0n) is 11.7. The first-order valence-electron chi connectivity index (χ1n) is 6.76. The molecule has 21 heavy (non-hydrogen) atoms. The third-order valence-electron chi connectivity index (χ3n) is 3.61. The summed E-state index contributed by atoms with van der Waals surface area (Å²) in [5.41, 5.74) is 4.33. The largest absolute Gasteiger partial charge is 0.465 e. The second-order valence-corrected chi connectivity index (χ2v) is 4.99. The summed E-state index contributed by atoms with van der Waals surface area (Å²) in [6, 6.07) is 16.3. The maximum absolute atomic E-state index is 10.8. The van der Waals surface area contributed by atoms with Crippen molar-refractivity contribution in [2.75, 3.05) is 0 Å². The zero-order valence-corrected chi connectivity index (χ0v) is 11.7. The molecule has 0 fully saturated rings. The summed E-state index contributed by atoms with van der Waals surface area (Å²) < 4.78 is 2.03. The van der Waals surface area contributed by atoms with Crippen LogP contribution in [0.2, 0.25) is 0 Å². The van der Waals surface area contributed by atoms with Gasteiger partial charge in [-0.05, 0) is 22.8 Å². The van der Waals surface area contributed by atoms with Crippen molar-refractivity contribution >= 4 is 17.0 Å². The van der Waals surface area contributed by atoms with Gasteiger partial charge in [-0.2, -0.15) is 0 Å². The number of carbonyl (C=O) groups is 1. The molecular formula is C17H16N2O2. The van der Waals surface area contributed by atoms with Gasteiger partial charge in [-0.15, -0.1) is 0 Å². The van der Waals surface area contributed by atoms with E-state index in [0.29, 0.717) is 6.54 Å². The van der Waals surface area contributed by atoms with E-state index in [0.717, 1.165) is 27.6 Å². The average molecular weight is 280 g/mol. The third kappa shape index (κ3) is 2.48. The zero-order chi connectivity index (χ0) is 14.8. The molecule has 0 radical (unpaired) electrons. The number of aryl methyl sites for hydroxylation is 1. The van der Waals surface area contributed by atoms with Crippen molar-refractivity contribution < 1.29 is 9.90 Å². The van der Waals surface area contributed by atoms with E-state index in [1.165, 1.54) is 0 Å². The molecule has 2 N–H and O–H groups in total. The van der Waals surface area contributed by atoms with E-state index >= 15 is 0 Å². The number of benzene rings is 2. The van der Waals surface area contributed by atoms with E-state index in [4.69, 9.17) is 5.11 Å². The van der Waals surface area contributed by atoms with Crippen LogP contribution in [0.5, 0.6) is 0 Å². The van der Waals surface area contributed by atoms with Crippen LogP contribution in [0.3, 0.4) is 0 Å². The molecule has 1 aromatic heterocycles. The normalized spacial score (nSPS) is 10.7. The van der Waals surface area contributed by atoms with E-state index < -0.39 is 6.09 Å². The number of nitrogens with one attached hydrogen (secondary N) is 1. The topological polar surface area (TPSA) is 54.3 Å². The molecule has 0 atom stereocenters. The van der Waals surface area contributed by atoms with Crippen LogP contribution in [0, 0.1) is 0 Å². The Balaban J connectivity index is 2.18. The molecule has 0 unspecified atom stereocenters. The molecule has 4 heteroatoms. The Morgan fingerprint density at radius 3 is 2.62 bits per heavy atom. The van der Waals surface area contributed by atoms with Gasteiger partial charge in [0.25, 0.3) is 0 Å². The van der Waals surface area contributed by atoms with Crippen LogP contribution in [-0.4, -0.2) is 15.8 Å². The summed E-state index contributed by atoms with van der Waals surface area (Å²) in [7, 11) is 1.97. The van der Waals surface area contributed by atoms with Crippen molar-refractivity contribution in [1.82, 2.24) is 9.88 Å². The lowest BCUT2D eigenvalue weighted by molar-refractivity contribution is 0.194. The number of aromatic nitrogens is 1. The summed E-state index contributed by atoms with van der Waals surface area (Å²) in [6.07, 6.45) is 0.969. The minimum absolute atomic E-state index is 0.302. The van der Waals surface area contributed by atoms with Crippen LogP contribution in [0.25, 0.3) is 22.0 Å². The lowest BCUT2D eigenvalue weighted by Crippen LogP contribution is -2.19. The van der Waals surface area contributed by atoms with E-state index in [-0.39, 0.29) is 0 Å². The van der Waals surface area contributed by atoms with Gasteiger partial charge in [0.15, 0.2) is 0 Å².